The number of nitrogens with one attached hydrogen (secondary N) is 1. The van der Waals surface area contributed by atoms with Crippen LogP contribution >= 0.6 is 0 Å². The summed E-state index contributed by atoms with van der Waals surface area (Å²) in [6, 6.07) is 9.81. The van der Waals surface area contributed by atoms with Crippen LogP contribution in [-0.4, -0.2) is 78.9 Å². The lowest BCUT2D eigenvalue weighted by atomic mass is 9.94. The summed E-state index contributed by atoms with van der Waals surface area (Å²) in [5.41, 5.74) is 1.18. The molecule has 0 saturated carbocycles. The molecule has 146 valence electrons. The van der Waals surface area contributed by atoms with Crippen LogP contribution in [0.2, 0.25) is 0 Å². The standard InChI is InChI=1S/C20H28N4O3/c1-22(2)18(25)14-24-17-9-8-16(19(24)26)12-23(13-17)20(27)21-11-10-15-6-4-3-5-7-15/h3-7,16-17H,8-14H2,1-2H3,(H,21,27)/t16-,17+/m0/s1. The van der Waals surface area contributed by atoms with E-state index in [1.807, 2.05) is 30.3 Å². The highest BCUT2D eigenvalue weighted by Gasteiger charge is 2.42. The summed E-state index contributed by atoms with van der Waals surface area (Å²) in [7, 11) is 3.38. The van der Waals surface area contributed by atoms with Crippen LogP contribution in [0.3, 0.4) is 0 Å². The molecule has 0 unspecified atom stereocenters. The molecule has 1 N–H and O–H groups in total. The second-order valence-corrected chi connectivity index (χ2v) is 7.55. The molecule has 3 aliphatic rings. The molecule has 0 radical (unpaired) electrons. The molecule has 0 aromatic heterocycles. The number of hydrogen-bond donors (Lipinski definition) is 1. The third-order valence-electron chi connectivity index (χ3n) is 5.42. The number of nitrogens with zero attached hydrogens (tertiary/aromatic N) is 3. The van der Waals surface area contributed by atoms with Crippen molar-refractivity contribution in [1.29, 1.82) is 0 Å². The van der Waals surface area contributed by atoms with Crippen LogP contribution < -0.4 is 5.32 Å². The fraction of sp³-hybridized carbons (Fsp3) is 0.550. The van der Waals surface area contributed by atoms with E-state index in [2.05, 4.69) is 5.32 Å². The molecule has 1 aromatic rings. The van der Waals surface area contributed by atoms with Crippen LogP contribution in [0.4, 0.5) is 4.79 Å². The van der Waals surface area contributed by atoms with E-state index in [9.17, 15) is 14.4 Å². The molecule has 4 rings (SSSR count). The van der Waals surface area contributed by atoms with E-state index in [1.54, 1.807) is 23.9 Å². The molecule has 4 amide bonds. The van der Waals surface area contributed by atoms with Crippen LogP contribution in [0.15, 0.2) is 30.3 Å². The second-order valence-electron chi connectivity index (χ2n) is 7.55. The Balaban J connectivity index is 1.57. The summed E-state index contributed by atoms with van der Waals surface area (Å²) in [4.78, 5) is 42.3. The summed E-state index contributed by atoms with van der Waals surface area (Å²) < 4.78 is 0. The van der Waals surface area contributed by atoms with Gasteiger partial charge in [-0.2, -0.15) is 0 Å². The Hall–Kier alpha value is -2.57. The average Bonchev–Trinajstić information content (AvgIpc) is 2.95. The van der Waals surface area contributed by atoms with E-state index < -0.39 is 0 Å². The highest BCUT2D eigenvalue weighted by Crippen LogP contribution is 2.29. The molecule has 7 heteroatoms. The van der Waals surface area contributed by atoms with Crippen molar-refractivity contribution in [1.82, 2.24) is 20.0 Å². The molecule has 2 bridgehead atoms. The topological polar surface area (TPSA) is 73.0 Å². The molecule has 2 atom stereocenters. The molecule has 0 aliphatic carbocycles. The summed E-state index contributed by atoms with van der Waals surface area (Å²) in [6.45, 7) is 1.57. The first-order valence-corrected chi connectivity index (χ1v) is 9.53. The minimum Gasteiger partial charge on any atom is -0.347 e. The van der Waals surface area contributed by atoms with E-state index >= 15 is 0 Å². The largest absolute Gasteiger partial charge is 0.347 e. The normalized spacial score (nSPS) is 21.8. The zero-order valence-electron chi connectivity index (χ0n) is 16.1. The lowest BCUT2D eigenvalue weighted by Crippen LogP contribution is -2.52. The predicted molar refractivity (Wildman–Crippen MR) is 102 cm³/mol. The molecular formula is C20H28N4O3. The maximum atomic E-state index is 12.7. The maximum Gasteiger partial charge on any atom is 0.317 e. The van der Waals surface area contributed by atoms with Crippen molar-refractivity contribution >= 4 is 17.8 Å². The van der Waals surface area contributed by atoms with Crippen LogP contribution in [-0.2, 0) is 16.0 Å². The Bertz CT molecular complexity index is 692. The van der Waals surface area contributed by atoms with Crippen LogP contribution in [0.1, 0.15) is 18.4 Å². The van der Waals surface area contributed by atoms with Crippen molar-refractivity contribution < 1.29 is 14.4 Å². The number of carbonyl (C=O) groups is 3. The minimum atomic E-state index is -0.210. The zero-order chi connectivity index (χ0) is 19.4. The maximum absolute atomic E-state index is 12.7. The summed E-state index contributed by atoms with van der Waals surface area (Å²) in [5.74, 6) is -0.297. The van der Waals surface area contributed by atoms with E-state index in [1.165, 1.54) is 10.5 Å². The smallest absolute Gasteiger partial charge is 0.317 e. The lowest BCUT2D eigenvalue weighted by molar-refractivity contribution is -0.145. The number of benzene rings is 1. The van der Waals surface area contributed by atoms with Gasteiger partial charge in [0.25, 0.3) is 0 Å². The second kappa shape index (κ2) is 8.41. The Morgan fingerprint density at radius 1 is 1.15 bits per heavy atom. The van der Waals surface area contributed by atoms with Crippen LogP contribution in [0, 0.1) is 5.92 Å². The zero-order valence-corrected chi connectivity index (χ0v) is 16.1. The van der Waals surface area contributed by atoms with Crippen molar-refractivity contribution in [3.05, 3.63) is 35.9 Å². The number of likely N-dealkylation sites (N-methyl/N-ethyl adjacent to an activating group) is 1. The van der Waals surface area contributed by atoms with Crippen molar-refractivity contribution in [2.24, 2.45) is 5.92 Å². The molecule has 7 nitrogen and oxygen atoms in total. The number of hydrogen-bond acceptors (Lipinski definition) is 3. The van der Waals surface area contributed by atoms with Gasteiger partial charge in [-0.25, -0.2) is 4.79 Å². The van der Waals surface area contributed by atoms with Crippen molar-refractivity contribution in [3.8, 4) is 0 Å². The lowest BCUT2D eigenvalue weighted by Gasteiger charge is -2.35. The van der Waals surface area contributed by atoms with Gasteiger partial charge < -0.3 is 20.0 Å². The molecule has 3 aliphatic heterocycles. The van der Waals surface area contributed by atoms with Crippen molar-refractivity contribution in [3.63, 3.8) is 0 Å². The number of urea groups is 1. The highest BCUT2D eigenvalue weighted by molar-refractivity contribution is 5.87. The number of fused-ring (bicyclic) bond motifs is 4. The SMILES string of the molecule is CN(C)C(=O)CN1C(=O)[C@H]2CC[C@@H]1CN(C(=O)NCCc1ccccc1)C2. The molecular weight excluding hydrogens is 344 g/mol. The van der Waals surface area contributed by atoms with Gasteiger partial charge in [-0.3, -0.25) is 9.59 Å². The number of rotatable bonds is 5. The molecule has 3 saturated heterocycles. The highest BCUT2D eigenvalue weighted by atomic mass is 16.2. The van der Waals surface area contributed by atoms with E-state index in [0.29, 0.717) is 19.6 Å². The first kappa shape index (κ1) is 19.2. The van der Waals surface area contributed by atoms with Gasteiger partial charge in [0.2, 0.25) is 11.8 Å². The number of carbonyl (C=O) groups excluding carboxylic acids is 3. The van der Waals surface area contributed by atoms with Gasteiger partial charge in [0.05, 0.1) is 5.92 Å². The van der Waals surface area contributed by atoms with Crippen LogP contribution in [0.5, 0.6) is 0 Å². The van der Waals surface area contributed by atoms with Gasteiger partial charge in [-0.05, 0) is 24.8 Å². The summed E-state index contributed by atoms with van der Waals surface area (Å²) in [6.07, 6.45) is 2.39. The number of piperidine rings is 1. The minimum absolute atomic E-state index is 0.000959. The van der Waals surface area contributed by atoms with Crippen molar-refractivity contribution in [2.45, 2.75) is 25.3 Å². The van der Waals surface area contributed by atoms with E-state index in [4.69, 9.17) is 0 Å². The van der Waals surface area contributed by atoms with E-state index in [0.717, 1.165) is 19.3 Å². The summed E-state index contributed by atoms with van der Waals surface area (Å²) >= 11 is 0. The number of amides is 4. The Morgan fingerprint density at radius 3 is 2.59 bits per heavy atom. The molecule has 0 spiro atoms. The molecule has 27 heavy (non-hydrogen) atoms. The predicted octanol–water partition coefficient (Wildman–Crippen LogP) is 0.950. The Morgan fingerprint density at radius 2 is 1.89 bits per heavy atom. The fourth-order valence-corrected chi connectivity index (χ4v) is 3.77. The van der Waals surface area contributed by atoms with Gasteiger partial charge >= 0.3 is 6.03 Å². The van der Waals surface area contributed by atoms with Gasteiger partial charge in [-0.1, -0.05) is 30.3 Å². The third-order valence-corrected chi connectivity index (χ3v) is 5.42. The fourth-order valence-electron chi connectivity index (χ4n) is 3.77. The van der Waals surface area contributed by atoms with Crippen molar-refractivity contribution in [2.75, 3.05) is 40.3 Å². The van der Waals surface area contributed by atoms with Gasteiger partial charge in [0.1, 0.15) is 6.54 Å². The first-order chi connectivity index (χ1) is 13.0. The quantitative estimate of drug-likeness (QED) is 0.836. The Labute approximate surface area is 160 Å². The molecule has 1 aromatic carbocycles. The van der Waals surface area contributed by atoms with Gasteiger partial charge in [-0.15, -0.1) is 0 Å². The monoisotopic (exact) mass is 372 g/mol. The first-order valence-electron chi connectivity index (χ1n) is 9.53. The molecule has 3 fully saturated rings. The van der Waals surface area contributed by atoms with Gasteiger partial charge in [0, 0.05) is 39.8 Å². The van der Waals surface area contributed by atoms with Gasteiger partial charge in [0.15, 0.2) is 0 Å². The Kier molecular flexibility index (Phi) is 5.98. The molecule has 3 heterocycles. The average molecular weight is 372 g/mol. The van der Waals surface area contributed by atoms with Crippen LogP contribution in [0.25, 0.3) is 0 Å². The third kappa shape index (κ3) is 4.59. The summed E-state index contributed by atoms with van der Waals surface area (Å²) in [5, 5.41) is 2.97. The van der Waals surface area contributed by atoms with E-state index in [-0.39, 0.29) is 36.3 Å².